The quantitative estimate of drug-likeness (QED) is 0.864. The van der Waals surface area contributed by atoms with Crippen LogP contribution >= 0.6 is 0 Å². The molecule has 5 heteroatoms. The molecule has 0 saturated heterocycles. The van der Waals surface area contributed by atoms with Crippen LogP contribution in [0.5, 0.6) is 11.5 Å². The fraction of sp³-hybridized carbons (Fsp3) is 0.143. The molecule has 0 amide bonds. The lowest BCUT2D eigenvalue weighted by molar-refractivity contribution is 0.273. The van der Waals surface area contributed by atoms with Crippen molar-refractivity contribution in [1.82, 2.24) is 0 Å². The Balaban J connectivity index is 2.16. The number of benzene rings is 2. The van der Waals surface area contributed by atoms with Crippen LogP contribution in [0.4, 0.5) is 14.5 Å². The van der Waals surface area contributed by atoms with Crippen molar-refractivity contribution in [3.05, 3.63) is 53.6 Å². The third-order valence-electron chi connectivity index (χ3n) is 2.53. The first kappa shape index (κ1) is 13.1. The number of hydrogen-bond acceptors (Lipinski definition) is 3. The highest BCUT2D eigenvalue weighted by Gasteiger charge is 2.10. The second-order valence-electron chi connectivity index (χ2n) is 3.95. The maximum Gasteiger partial charge on any atom is 0.191 e. The van der Waals surface area contributed by atoms with E-state index in [1.807, 2.05) is 0 Å². The number of rotatable bonds is 4. The SMILES string of the molecule is COc1cc(N)cc(COc2c(F)cccc2F)c1. The lowest BCUT2D eigenvalue weighted by Crippen LogP contribution is -2.01. The first-order valence-electron chi connectivity index (χ1n) is 5.60. The summed E-state index contributed by atoms with van der Waals surface area (Å²) in [6, 6.07) is 8.54. The van der Waals surface area contributed by atoms with Gasteiger partial charge in [-0.05, 0) is 29.8 Å². The van der Waals surface area contributed by atoms with Gasteiger partial charge in [-0.3, -0.25) is 0 Å². The number of para-hydroxylation sites is 1. The van der Waals surface area contributed by atoms with Crippen molar-refractivity contribution in [2.24, 2.45) is 0 Å². The van der Waals surface area contributed by atoms with Crippen molar-refractivity contribution in [3.63, 3.8) is 0 Å². The first-order chi connectivity index (χ1) is 9.10. The summed E-state index contributed by atoms with van der Waals surface area (Å²) < 4.78 is 36.9. The zero-order chi connectivity index (χ0) is 13.8. The number of ether oxygens (including phenoxy) is 2. The van der Waals surface area contributed by atoms with Crippen molar-refractivity contribution in [3.8, 4) is 11.5 Å². The first-order valence-corrected chi connectivity index (χ1v) is 5.60. The molecule has 0 aliphatic carbocycles. The van der Waals surface area contributed by atoms with Gasteiger partial charge in [0.05, 0.1) is 7.11 Å². The van der Waals surface area contributed by atoms with Gasteiger partial charge < -0.3 is 15.2 Å². The molecule has 0 heterocycles. The largest absolute Gasteiger partial charge is 0.497 e. The molecule has 0 unspecified atom stereocenters. The zero-order valence-corrected chi connectivity index (χ0v) is 10.3. The number of hydrogen-bond donors (Lipinski definition) is 1. The van der Waals surface area contributed by atoms with Crippen LogP contribution in [0, 0.1) is 11.6 Å². The summed E-state index contributed by atoms with van der Waals surface area (Å²) >= 11 is 0. The van der Waals surface area contributed by atoms with E-state index in [1.165, 1.54) is 13.2 Å². The molecular weight excluding hydrogens is 252 g/mol. The number of methoxy groups -OCH3 is 1. The Hall–Kier alpha value is -2.30. The third-order valence-corrected chi connectivity index (χ3v) is 2.53. The van der Waals surface area contributed by atoms with Crippen LogP contribution in [0.25, 0.3) is 0 Å². The highest BCUT2D eigenvalue weighted by Crippen LogP contribution is 2.24. The predicted molar refractivity (Wildman–Crippen MR) is 68.1 cm³/mol. The van der Waals surface area contributed by atoms with Crippen LogP contribution in [-0.2, 0) is 6.61 Å². The highest BCUT2D eigenvalue weighted by molar-refractivity contribution is 5.47. The van der Waals surface area contributed by atoms with Gasteiger partial charge in [0.1, 0.15) is 12.4 Å². The van der Waals surface area contributed by atoms with E-state index in [0.29, 0.717) is 17.0 Å². The van der Waals surface area contributed by atoms with E-state index in [1.54, 1.807) is 18.2 Å². The highest BCUT2D eigenvalue weighted by atomic mass is 19.1. The van der Waals surface area contributed by atoms with Gasteiger partial charge in [-0.2, -0.15) is 0 Å². The average Bonchev–Trinajstić information content (AvgIpc) is 2.37. The molecule has 2 aromatic carbocycles. The topological polar surface area (TPSA) is 44.5 Å². The van der Waals surface area contributed by atoms with E-state index >= 15 is 0 Å². The molecule has 2 N–H and O–H groups in total. The molecule has 0 spiro atoms. The van der Waals surface area contributed by atoms with Crippen LogP contribution in [0.3, 0.4) is 0 Å². The Morgan fingerprint density at radius 3 is 2.42 bits per heavy atom. The predicted octanol–water partition coefficient (Wildman–Crippen LogP) is 3.13. The number of anilines is 1. The minimum atomic E-state index is -0.740. The molecule has 0 saturated carbocycles. The Labute approximate surface area is 109 Å². The van der Waals surface area contributed by atoms with Crippen LogP contribution < -0.4 is 15.2 Å². The lowest BCUT2D eigenvalue weighted by atomic mass is 10.2. The molecular formula is C14H13F2NO2. The summed E-state index contributed by atoms with van der Waals surface area (Å²) in [5.41, 5.74) is 6.84. The molecule has 0 atom stereocenters. The summed E-state index contributed by atoms with van der Waals surface area (Å²) in [6.07, 6.45) is 0. The van der Waals surface area contributed by atoms with E-state index in [9.17, 15) is 8.78 Å². The van der Waals surface area contributed by atoms with Crippen molar-refractivity contribution < 1.29 is 18.3 Å². The van der Waals surface area contributed by atoms with E-state index in [0.717, 1.165) is 12.1 Å². The van der Waals surface area contributed by atoms with Gasteiger partial charge in [0, 0.05) is 11.8 Å². The molecule has 0 aliphatic heterocycles. The number of halogens is 2. The third kappa shape index (κ3) is 3.13. The molecule has 100 valence electrons. The standard InChI is InChI=1S/C14H13F2NO2/c1-18-11-6-9(5-10(17)7-11)8-19-14-12(15)3-2-4-13(14)16/h2-7H,8,17H2,1H3. The molecule has 3 nitrogen and oxygen atoms in total. The van der Waals surface area contributed by atoms with Gasteiger partial charge in [-0.25, -0.2) is 8.78 Å². The van der Waals surface area contributed by atoms with Crippen molar-refractivity contribution >= 4 is 5.69 Å². The van der Waals surface area contributed by atoms with E-state index < -0.39 is 17.4 Å². The summed E-state index contributed by atoms with van der Waals surface area (Å²) in [7, 11) is 1.51. The Bertz CT molecular complexity index is 567. The van der Waals surface area contributed by atoms with Crippen LogP contribution in [-0.4, -0.2) is 7.11 Å². The van der Waals surface area contributed by atoms with E-state index in [4.69, 9.17) is 15.2 Å². The maximum absolute atomic E-state index is 13.4. The summed E-state index contributed by atoms with van der Waals surface area (Å²) in [4.78, 5) is 0. The van der Waals surface area contributed by atoms with Crippen molar-refractivity contribution in [2.45, 2.75) is 6.61 Å². The smallest absolute Gasteiger partial charge is 0.191 e. The second-order valence-corrected chi connectivity index (χ2v) is 3.95. The maximum atomic E-state index is 13.4. The molecule has 19 heavy (non-hydrogen) atoms. The van der Waals surface area contributed by atoms with Gasteiger partial charge in [0.25, 0.3) is 0 Å². The van der Waals surface area contributed by atoms with E-state index in [-0.39, 0.29) is 6.61 Å². The Morgan fingerprint density at radius 1 is 1.11 bits per heavy atom. The minimum absolute atomic E-state index is 0.000741. The molecule has 0 aliphatic rings. The molecule has 0 fully saturated rings. The minimum Gasteiger partial charge on any atom is -0.497 e. The van der Waals surface area contributed by atoms with Gasteiger partial charge in [-0.15, -0.1) is 0 Å². The van der Waals surface area contributed by atoms with Crippen molar-refractivity contribution in [1.29, 1.82) is 0 Å². The molecule has 2 rings (SSSR count). The number of nitrogen functional groups attached to an aromatic ring is 1. The van der Waals surface area contributed by atoms with Crippen molar-refractivity contribution in [2.75, 3.05) is 12.8 Å². The monoisotopic (exact) mass is 265 g/mol. The average molecular weight is 265 g/mol. The molecule has 0 radical (unpaired) electrons. The summed E-state index contributed by atoms with van der Waals surface area (Å²) in [5, 5.41) is 0. The second kappa shape index (κ2) is 5.56. The molecule has 2 aromatic rings. The van der Waals surface area contributed by atoms with Gasteiger partial charge in [-0.1, -0.05) is 6.07 Å². The van der Waals surface area contributed by atoms with Crippen LogP contribution in [0.15, 0.2) is 36.4 Å². The van der Waals surface area contributed by atoms with Crippen LogP contribution in [0.1, 0.15) is 5.56 Å². The van der Waals surface area contributed by atoms with Gasteiger partial charge in [0.15, 0.2) is 17.4 Å². The zero-order valence-electron chi connectivity index (χ0n) is 10.3. The van der Waals surface area contributed by atoms with Crippen LogP contribution in [0.2, 0.25) is 0 Å². The molecule has 0 bridgehead atoms. The van der Waals surface area contributed by atoms with Gasteiger partial charge in [0.2, 0.25) is 0 Å². The molecule has 0 aromatic heterocycles. The Morgan fingerprint density at radius 2 is 1.79 bits per heavy atom. The van der Waals surface area contributed by atoms with E-state index in [2.05, 4.69) is 0 Å². The Kier molecular flexibility index (Phi) is 3.85. The van der Waals surface area contributed by atoms with Gasteiger partial charge >= 0.3 is 0 Å². The fourth-order valence-electron chi connectivity index (χ4n) is 1.66. The summed E-state index contributed by atoms with van der Waals surface area (Å²) in [5.74, 6) is -1.32. The summed E-state index contributed by atoms with van der Waals surface area (Å²) in [6.45, 7) is -0.000741. The fourth-order valence-corrected chi connectivity index (χ4v) is 1.66. The normalized spacial score (nSPS) is 10.3. The lowest BCUT2D eigenvalue weighted by Gasteiger charge is -2.10. The number of nitrogens with two attached hydrogens (primary N) is 1.